The molecule has 230 valence electrons. The molecule has 0 aliphatic heterocycles. The van der Waals surface area contributed by atoms with Gasteiger partial charge in [0.25, 0.3) is 0 Å². The van der Waals surface area contributed by atoms with Crippen LogP contribution in [-0.2, 0) is 0 Å². The molecule has 0 bridgehead atoms. The Hall–Kier alpha value is -6.64. The molecule has 0 saturated carbocycles. The van der Waals surface area contributed by atoms with Crippen LogP contribution in [0.4, 0.5) is 0 Å². The van der Waals surface area contributed by atoms with Crippen molar-refractivity contribution in [2.45, 2.75) is 0 Å². The summed E-state index contributed by atoms with van der Waals surface area (Å²) in [5, 5.41) is 18.4. The van der Waals surface area contributed by atoms with E-state index in [2.05, 4.69) is 179 Å². The largest absolute Gasteiger partial charge is 0.309 e. The minimum absolute atomic E-state index is 1.18. The van der Waals surface area contributed by atoms with E-state index < -0.39 is 0 Å². The molecule has 2 heterocycles. The van der Waals surface area contributed by atoms with Gasteiger partial charge in [0.05, 0.1) is 22.1 Å². The average molecular weight is 633 g/mol. The minimum Gasteiger partial charge on any atom is -0.309 e. The van der Waals surface area contributed by atoms with Crippen LogP contribution >= 0.6 is 0 Å². The van der Waals surface area contributed by atoms with Crippen molar-refractivity contribution in [1.82, 2.24) is 9.13 Å². The minimum atomic E-state index is 1.18. The molecule has 0 spiro atoms. The molecule has 0 radical (unpaired) electrons. The summed E-state index contributed by atoms with van der Waals surface area (Å²) in [6.45, 7) is 0. The third-order valence-corrected chi connectivity index (χ3v) is 11.2. The van der Waals surface area contributed by atoms with Crippen LogP contribution in [0.3, 0.4) is 0 Å². The molecular weight excluding hydrogens is 605 g/mol. The van der Waals surface area contributed by atoms with Gasteiger partial charge in [-0.25, -0.2) is 0 Å². The van der Waals surface area contributed by atoms with Gasteiger partial charge in [-0.15, -0.1) is 0 Å². The number of fused-ring (bicyclic) bond motifs is 14. The van der Waals surface area contributed by atoms with Crippen LogP contribution in [-0.4, -0.2) is 9.13 Å². The first kappa shape index (κ1) is 26.3. The summed E-state index contributed by atoms with van der Waals surface area (Å²) in [4.78, 5) is 0. The molecule has 0 saturated heterocycles. The molecule has 0 aliphatic rings. The maximum Gasteiger partial charge on any atom is 0.0553 e. The maximum atomic E-state index is 2.48. The van der Waals surface area contributed by atoms with E-state index in [-0.39, 0.29) is 0 Å². The highest BCUT2D eigenvalue weighted by Gasteiger charge is 2.26. The lowest BCUT2D eigenvalue weighted by molar-refractivity contribution is 1.18. The molecule has 50 heavy (non-hydrogen) atoms. The fourth-order valence-corrected chi connectivity index (χ4v) is 9.32. The first-order chi connectivity index (χ1) is 24.9. The van der Waals surface area contributed by atoms with Crippen molar-refractivity contribution in [3.8, 4) is 11.4 Å². The lowest BCUT2D eigenvalue weighted by atomic mass is 9.83. The Labute approximate surface area is 286 Å². The Morgan fingerprint density at radius 2 is 0.540 bits per heavy atom. The van der Waals surface area contributed by atoms with Crippen LogP contribution in [0.5, 0.6) is 0 Å². The zero-order valence-corrected chi connectivity index (χ0v) is 27.1. The van der Waals surface area contributed by atoms with E-state index in [4.69, 9.17) is 0 Å². The summed E-state index contributed by atoms with van der Waals surface area (Å²) in [6.07, 6.45) is 0. The van der Waals surface area contributed by atoms with E-state index in [1.54, 1.807) is 0 Å². The Morgan fingerprint density at radius 1 is 0.220 bits per heavy atom. The van der Waals surface area contributed by atoms with Crippen molar-refractivity contribution in [2.24, 2.45) is 0 Å². The molecular formula is C48H28N2. The molecule has 12 rings (SSSR count). The summed E-state index contributed by atoms with van der Waals surface area (Å²) in [5.41, 5.74) is 7.29. The Morgan fingerprint density at radius 3 is 0.960 bits per heavy atom. The molecule has 0 fully saturated rings. The van der Waals surface area contributed by atoms with E-state index in [1.807, 2.05) is 0 Å². The number of benzene rings is 10. The summed E-state index contributed by atoms with van der Waals surface area (Å²) in [7, 11) is 0. The molecule has 12 aromatic rings. The van der Waals surface area contributed by atoms with Crippen molar-refractivity contribution >= 4 is 97.5 Å². The van der Waals surface area contributed by atoms with Crippen LogP contribution in [0.1, 0.15) is 0 Å². The van der Waals surface area contributed by atoms with Crippen molar-refractivity contribution in [3.63, 3.8) is 0 Å². The quantitative estimate of drug-likeness (QED) is 0.133. The van der Waals surface area contributed by atoms with Gasteiger partial charge in [-0.3, -0.25) is 0 Å². The normalized spacial score (nSPS) is 12.4. The molecule has 0 N–H and O–H groups in total. The van der Waals surface area contributed by atoms with Gasteiger partial charge < -0.3 is 9.13 Å². The van der Waals surface area contributed by atoms with Gasteiger partial charge in [-0.1, -0.05) is 121 Å². The second-order valence-corrected chi connectivity index (χ2v) is 13.6. The van der Waals surface area contributed by atoms with Crippen molar-refractivity contribution in [1.29, 1.82) is 0 Å². The molecule has 2 nitrogen and oxygen atoms in total. The Balaban J connectivity index is 1.45. The lowest BCUT2D eigenvalue weighted by Crippen LogP contribution is -1.96. The maximum absolute atomic E-state index is 2.48. The second-order valence-electron chi connectivity index (χ2n) is 13.6. The van der Waals surface area contributed by atoms with Crippen LogP contribution in [0.15, 0.2) is 170 Å². The highest BCUT2D eigenvalue weighted by molar-refractivity contribution is 6.49. The highest BCUT2D eigenvalue weighted by atomic mass is 15.0. The third kappa shape index (κ3) is 3.19. The van der Waals surface area contributed by atoms with E-state index >= 15 is 0 Å². The number of rotatable bonds is 2. The monoisotopic (exact) mass is 632 g/mol. The fraction of sp³-hybridized carbons (Fsp3) is 0. The van der Waals surface area contributed by atoms with E-state index in [0.29, 0.717) is 0 Å². The standard InChI is InChI=1S/C48H28N2/c1-3-15-29(16-4-1)49-39-25-13-11-23-35(39)43-41(49)27-37-31-19-7-10-22-34(31)46-44-36-24-12-14-26-40(36)50(30-17-5-2-6-18-30)42(44)28-38-32-20-8-9-21-33(32)45(43)47(37)48(38)46/h1-28H. The van der Waals surface area contributed by atoms with Gasteiger partial charge in [0, 0.05) is 43.7 Å². The molecule has 2 aromatic heterocycles. The summed E-state index contributed by atoms with van der Waals surface area (Å²) >= 11 is 0. The number of aromatic nitrogens is 2. The van der Waals surface area contributed by atoms with Crippen LogP contribution in [0, 0.1) is 0 Å². The molecule has 0 amide bonds. The first-order valence-electron chi connectivity index (χ1n) is 17.4. The highest BCUT2D eigenvalue weighted by Crippen LogP contribution is 2.52. The topological polar surface area (TPSA) is 9.86 Å². The van der Waals surface area contributed by atoms with Crippen LogP contribution in [0.25, 0.3) is 109 Å². The average Bonchev–Trinajstić information content (AvgIpc) is 3.70. The number of nitrogens with zero attached hydrogens (tertiary/aromatic N) is 2. The third-order valence-electron chi connectivity index (χ3n) is 11.2. The van der Waals surface area contributed by atoms with Gasteiger partial charge in [0.2, 0.25) is 0 Å². The van der Waals surface area contributed by atoms with Crippen molar-refractivity contribution in [2.75, 3.05) is 0 Å². The Kier molecular flexibility index (Phi) is 5.00. The van der Waals surface area contributed by atoms with Gasteiger partial charge in [0.1, 0.15) is 0 Å². The van der Waals surface area contributed by atoms with E-state index in [1.165, 1.54) is 109 Å². The zero-order chi connectivity index (χ0) is 32.5. The lowest BCUT2D eigenvalue weighted by Gasteiger charge is -2.20. The van der Waals surface area contributed by atoms with Crippen molar-refractivity contribution in [3.05, 3.63) is 170 Å². The second kappa shape index (κ2) is 9.49. The summed E-state index contributed by atoms with van der Waals surface area (Å²) < 4.78 is 4.93. The smallest absolute Gasteiger partial charge is 0.0553 e. The first-order valence-corrected chi connectivity index (χ1v) is 17.4. The summed E-state index contributed by atoms with van der Waals surface area (Å²) in [6, 6.07) is 62.7. The van der Waals surface area contributed by atoms with E-state index in [0.717, 1.165) is 0 Å². The number of hydrogen-bond donors (Lipinski definition) is 0. The molecule has 2 heteroatoms. The predicted octanol–water partition coefficient (Wildman–Crippen LogP) is 13.1. The zero-order valence-electron chi connectivity index (χ0n) is 27.1. The van der Waals surface area contributed by atoms with Gasteiger partial charge in [-0.2, -0.15) is 0 Å². The van der Waals surface area contributed by atoms with Crippen LogP contribution in [0.2, 0.25) is 0 Å². The van der Waals surface area contributed by atoms with Crippen molar-refractivity contribution < 1.29 is 0 Å². The van der Waals surface area contributed by atoms with Crippen LogP contribution < -0.4 is 0 Å². The SMILES string of the molecule is c1ccc(-n2c3ccccc3c3c4c5ccccc5c5cc6c(c7ccccc7n6-c6ccccc6)c6c7ccccc7c(cc32)c4c56)cc1. The van der Waals surface area contributed by atoms with Gasteiger partial charge in [0.15, 0.2) is 0 Å². The number of para-hydroxylation sites is 4. The Bertz CT molecular complexity index is 3120. The summed E-state index contributed by atoms with van der Waals surface area (Å²) in [5.74, 6) is 0. The molecule has 10 aromatic carbocycles. The fourth-order valence-electron chi connectivity index (χ4n) is 9.32. The molecule has 0 unspecified atom stereocenters. The molecule has 0 atom stereocenters. The predicted molar refractivity (Wildman–Crippen MR) is 214 cm³/mol. The van der Waals surface area contributed by atoms with E-state index in [9.17, 15) is 0 Å². The molecule has 0 aliphatic carbocycles. The van der Waals surface area contributed by atoms with Gasteiger partial charge >= 0.3 is 0 Å². The van der Waals surface area contributed by atoms with Gasteiger partial charge in [-0.05, 0) is 91.6 Å². The number of hydrogen-bond acceptors (Lipinski definition) is 0.